The van der Waals surface area contributed by atoms with Crippen molar-refractivity contribution in [1.29, 1.82) is 0 Å². The van der Waals surface area contributed by atoms with E-state index in [4.69, 9.17) is 4.74 Å². The SMILES string of the molecule is COc1ccccc1Nc1nc2ccc(-c3cccc(CS(=O)(=O)C4CC4)c3)cn2n1. The third-order valence-corrected chi connectivity index (χ3v) is 7.57. The number of benzene rings is 2. The van der Waals surface area contributed by atoms with Crippen LogP contribution in [0.15, 0.2) is 66.9 Å². The molecule has 2 heterocycles. The van der Waals surface area contributed by atoms with Gasteiger partial charge in [0.25, 0.3) is 0 Å². The molecule has 31 heavy (non-hydrogen) atoms. The molecule has 0 amide bonds. The van der Waals surface area contributed by atoms with Crippen LogP contribution in [-0.2, 0) is 15.6 Å². The number of aromatic nitrogens is 3. The van der Waals surface area contributed by atoms with Crippen LogP contribution in [0.1, 0.15) is 18.4 Å². The summed E-state index contributed by atoms with van der Waals surface area (Å²) in [5.41, 5.74) is 4.17. The first kappa shape index (κ1) is 19.6. The van der Waals surface area contributed by atoms with E-state index in [2.05, 4.69) is 15.4 Å². The molecule has 1 saturated carbocycles. The van der Waals surface area contributed by atoms with Gasteiger partial charge in [-0.25, -0.2) is 12.9 Å². The summed E-state index contributed by atoms with van der Waals surface area (Å²) >= 11 is 0. The number of para-hydroxylation sites is 2. The van der Waals surface area contributed by atoms with E-state index >= 15 is 0 Å². The maximum Gasteiger partial charge on any atom is 0.247 e. The van der Waals surface area contributed by atoms with Crippen LogP contribution in [-0.4, -0.2) is 35.4 Å². The van der Waals surface area contributed by atoms with E-state index in [1.165, 1.54) is 0 Å². The van der Waals surface area contributed by atoms with E-state index in [1.54, 1.807) is 11.6 Å². The van der Waals surface area contributed by atoms with Crippen molar-refractivity contribution in [2.24, 2.45) is 0 Å². The highest BCUT2D eigenvalue weighted by molar-refractivity contribution is 7.91. The minimum absolute atomic E-state index is 0.0874. The Hall–Kier alpha value is -3.39. The van der Waals surface area contributed by atoms with Crippen molar-refractivity contribution in [1.82, 2.24) is 14.6 Å². The fraction of sp³-hybridized carbons (Fsp3) is 0.217. The van der Waals surface area contributed by atoms with E-state index in [9.17, 15) is 8.42 Å². The minimum atomic E-state index is -3.05. The van der Waals surface area contributed by atoms with Gasteiger partial charge in [-0.05, 0) is 48.2 Å². The molecule has 0 spiro atoms. The lowest BCUT2D eigenvalue weighted by molar-refractivity contribution is 0.417. The van der Waals surface area contributed by atoms with Gasteiger partial charge in [-0.2, -0.15) is 4.98 Å². The largest absolute Gasteiger partial charge is 0.495 e. The summed E-state index contributed by atoms with van der Waals surface area (Å²) in [7, 11) is -1.43. The summed E-state index contributed by atoms with van der Waals surface area (Å²) in [5.74, 6) is 1.26. The summed E-state index contributed by atoms with van der Waals surface area (Å²) in [5, 5.41) is 7.56. The topological polar surface area (TPSA) is 85.6 Å². The molecule has 7 nitrogen and oxygen atoms in total. The van der Waals surface area contributed by atoms with Gasteiger partial charge in [-0.1, -0.05) is 36.4 Å². The van der Waals surface area contributed by atoms with E-state index < -0.39 is 9.84 Å². The zero-order valence-corrected chi connectivity index (χ0v) is 17.8. The molecule has 8 heteroatoms. The average molecular weight is 435 g/mol. The second-order valence-electron chi connectivity index (χ2n) is 7.69. The molecule has 2 aromatic heterocycles. The van der Waals surface area contributed by atoms with Gasteiger partial charge in [0, 0.05) is 11.8 Å². The number of hydrogen-bond acceptors (Lipinski definition) is 6. The Labute approximate surface area is 180 Å². The number of ether oxygens (including phenoxy) is 1. The van der Waals surface area contributed by atoms with Crippen LogP contribution in [0.5, 0.6) is 5.75 Å². The molecule has 4 aromatic rings. The molecule has 1 aliphatic carbocycles. The number of hydrogen-bond donors (Lipinski definition) is 1. The average Bonchev–Trinajstić information content (AvgIpc) is 3.55. The van der Waals surface area contributed by atoms with Crippen molar-refractivity contribution in [3.63, 3.8) is 0 Å². The molecule has 0 saturated heterocycles. The van der Waals surface area contributed by atoms with Gasteiger partial charge in [-0.3, -0.25) is 0 Å². The Kier molecular flexibility index (Phi) is 4.86. The maximum atomic E-state index is 12.3. The van der Waals surface area contributed by atoms with Crippen LogP contribution >= 0.6 is 0 Å². The Morgan fingerprint density at radius 1 is 1.06 bits per heavy atom. The molecule has 2 aromatic carbocycles. The van der Waals surface area contributed by atoms with Crippen LogP contribution in [0.4, 0.5) is 11.6 Å². The Morgan fingerprint density at radius 3 is 2.71 bits per heavy atom. The Bertz CT molecular complexity index is 1360. The molecule has 0 atom stereocenters. The normalized spacial score (nSPS) is 14.0. The summed E-state index contributed by atoms with van der Waals surface area (Å²) < 4.78 is 31.8. The molecule has 0 aliphatic heterocycles. The first-order valence-corrected chi connectivity index (χ1v) is 11.8. The number of anilines is 2. The predicted octanol–water partition coefficient (Wildman–Crippen LogP) is 4.23. The third-order valence-electron chi connectivity index (χ3n) is 5.34. The van der Waals surface area contributed by atoms with Crippen molar-refractivity contribution in [3.05, 3.63) is 72.4 Å². The number of methoxy groups -OCH3 is 1. The van der Waals surface area contributed by atoms with Crippen LogP contribution in [0.25, 0.3) is 16.8 Å². The fourth-order valence-electron chi connectivity index (χ4n) is 3.59. The van der Waals surface area contributed by atoms with Gasteiger partial charge in [0.2, 0.25) is 5.95 Å². The molecule has 0 bridgehead atoms. The lowest BCUT2D eigenvalue weighted by Crippen LogP contribution is -2.09. The highest BCUT2D eigenvalue weighted by atomic mass is 32.2. The molecule has 158 valence electrons. The van der Waals surface area contributed by atoms with Crippen molar-refractivity contribution in [3.8, 4) is 16.9 Å². The lowest BCUT2D eigenvalue weighted by atomic mass is 10.1. The van der Waals surface area contributed by atoms with Crippen LogP contribution in [0.3, 0.4) is 0 Å². The zero-order valence-electron chi connectivity index (χ0n) is 17.0. The Morgan fingerprint density at radius 2 is 1.90 bits per heavy atom. The van der Waals surface area contributed by atoms with E-state index in [0.717, 1.165) is 35.2 Å². The first-order valence-electron chi connectivity index (χ1n) is 10.1. The standard InChI is InChI=1S/C23H22N4O3S/c1-30-21-8-3-2-7-20(21)24-23-25-22-12-9-18(14-27(22)26-23)17-6-4-5-16(13-17)15-31(28,29)19-10-11-19/h2-9,12-14,19H,10-11,15H2,1H3,(H,24,26). The van der Waals surface area contributed by atoms with Gasteiger partial charge in [0.05, 0.1) is 23.8 Å². The van der Waals surface area contributed by atoms with E-state index in [-0.39, 0.29) is 11.0 Å². The van der Waals surface area contributed by atoms with Crippen LogP contribution in [0, 0.1) is 0 Å². The van der Waals surface area contributed by atoms with E-state index in [0.29, 0.717) is 17.3 Å². The molecule has 0 radical (unpaired) electrons. The maximum absolute atomic E-state index is 12.3. The number of fused-ring (bicyclic) bond motifs is 1. The molecular weight excluding hydrogens is 412 g/mol. The van der Waals surface area contributed by atoms with E-state index in [1.807, 2.05) is 66.9 Å². The molecule has 1 N–H and O–H groups in total. The lowest BCUT2D eigenvalue weighted by Gasteiger charge is -2.07. The van der Waals surface area contributed by atoms with Crippen molar-refractivity contribution in [2.45, 2.75) is 23.8 Å². The van der Waals surface area contributed by atoms with Gasteiger partial charge in [0.15, 0.2) is 15.5 Å². The second-order valence-corrected chi connectivity index (χ2v) is 9.97. The summed E-state index contributed by atoms with van der Waals surface area (Å²) in [6.45, 7) is 0. The first-order chi connectivity index (χ1) is 15.0. The zero-order chi connectivity index (χ0) is 21.4. The van der Waals surface area contributed by atoms with Gasteiger partial charge in [0.1, 0.15) is 5.75 Å². The second kappa shape index (κ2) is 7.70. The quantitative estimate of drug-likeness (QED) is 0.469. The predicted molar refractivity (Wildman–Crippen MR) is 120 cm³/mol. The highest BCUT2D eigenvalue weighted by Crippen LogP contribution is 2.32. The smallest absolute Gasteiger partial charge is 0.247 e. The fourth-order valence-corrected chi connectivity index (χ4v) is 5.33. The highest BCUT2D eigenvalue weighted by Gasteiger charge is 2.35. The summed E-state index contributed by atoms with van der Waals surface area (Å²) in [6, 6.07) is 19.1. The number of nitrogens with zero attached hydrogens (tertiary/aromatic N) is 3. The van der Waals surface area contributed by atoms with Gasteiger partial charge in [-0.15, -0.1) is 5.10 Å². The number of nitrogens with one attached hydrogen (secondary N) is 1. The van der Waals surface area contributed by atoms with Crippen molar-refractivity contribution in [2.75, 3.05) is 12.4 Å². The summed E-state index contributed by atoms with van der Waals surface area (Å²) in [4.78, 5) is 4.52. The third kappa shape index (κ3) is 4.11. The van der Waals surface area contributed by atoms with Crippen LogP contribution < -0.4 is 10.1 Å². The molecule has 1 fully saturated rings. The van der Waals surface area contributed by atoms with Gasteiger partial charge < -0.3 is 10.1 Å². The number of pyridine rings is 1. The number of rotatable bonds is 7. The monoisotopic (exact) mass is 434 g/mol. The Balaban J connectivity index is 1.42. The molecule has 5 rings (SSSR count). The minimum Gasteiger partial charge on any atom is -0.495 e. The molecule has 0 unspecified atom stereocenters. The van der Waals surface area contributed by atoms with Gasteiger partial charge >= 0.3 is 0 Å². The van der Waals surface area contributed by atoms with Crippen molar-refractivity contribution >= 4 is 27.1 Å². The molecular formula is C23H22N4O3S. The van der Waals surface area contributed by atoms with Crippen molar-refractivity contribution < 1.29 is 13.2 Å². The number of sulfone groups is 1. The molecule has 1 aliphatic rings. The van der Waals surface area contributed by atoms with Crippen LogP contribution in [0.2, 0.25) is 0 Å². The summed E-state index contributed by atoms with van der Waals surface area (Å²) in [6.07, 6.45) is 3.47.